The van der Waals surface area contributed by atoms with Crippen LogP contribution < -0.4 is 0 Å². The lowest BCUT2D eigenvalue weighted by Gasteiger charge is -2.28. The van der Waals surface area contributed by atoms with E-state index in [1.54, 1.807) is 20.8 Å². The average molecular weight is 293 g/mol. The van der Waals surface area contributed by atoms with Crippen LogP contribution in [0.15, 0.2) is 18.5 Å². The van der Waals surface area contributed by atoms with Crippen molar-refractivity contribution in [3.8, 4) is 0 Å². The van der Waals surface area contributed by atoms with Crippen LogP contribution in [-0.4, -0.2) is 38.7 Å². The summed E-state index contributed by atoms with van der Waals surface area (Å²) in [4.78, 5) is 19.0. The van der Waals surface area contributed by atoms with Gasteiger partial charge in [0, 0.05) is 19.0 Å². The molecule has 7 nitrogen and oxygen atoms in total. The third-order valence-corrected chi connectivity index (χ3v) is 2.54. The maximum atomic E-state index is 11.9. The van der Waals surface area contributed by atoms with E-state index >= 15 is 0 Å². The molecule has 21 heavy (non-hydrogen) atoms. The predicted molar refractivity (Wildman–Crippen MR) is 74.8 cm³/mol. The highest BCUT2D eigenvalue weighted by Gasteiger charge is 2.28. The minimum absolute atomic E-state index is 0.0961. The van der Waals surface area contributed by atoms with E-state index in [1.807, 2.05) is 0 Å². The highest BCUT2D eigenvalue weighted by atomic mass is 16.6. The van der Waals surface area contributed by atoms with Crippen LogP contribution in [0.25, 0.3) is 4.85 Å². The molecule has 0 saturated heterocycles. The monoisotopic (exact) mass is 293 g/mol. The van der Waals surface area contributed by atoms with E-state index in [0.29, 0.717) is 10.6 Å². The van der Waals surface area contributed by atoms with E-state index in [2.05, 4.69) is 9.83 Å². The van der Waals surface area contributed by atoms with Gasteiger partial charge in [0.15, 0.2) is 0 Å². The summed E-state index contributed by atoms with van der Waals surface area (Å²) in [6.45, 7) is 11.8. The number of aliphatic hydroxyl groups is 1. The molecule has 0 bridgehead atoms. The molecule has 1 aromatic rings. The second-order valence-corrected chi connectivity index (χ2v) is 5.44. The Kier molecular flexibility index (Phi) is 5.64. The Bertz CT molecular complexity index is 534. The van der Waals surface area contributed by atoms with E-state index in [1.165, 1.54) is 18.5 Å². The molecule has 1 aromatic heterocycles. The summed E-state index contributed by atoms with van der Waals surface area (Å²) in [5, 5.41) is 19.6. The number of rotatable bonds is 4. The van der Waals surface area contributed by atoms with Gasteiger partial charge in [-0.1, -0.05) is 0 Å². The summed E-state index contributed by atoms with van der Waals surface area (Å²) in [6, 6.07) is 0.674. The fourth-order valence-corrected chi connectivity index (χ4v) is 1.68. The molecule has 1 rings (SSSR count). The average Bonchev–Trinajstić information content (AvgIpc) is 2.42. The topological polar surface area (TPSA) is 87.3 Å². The molecule has 0 unspecified atom stereocenters. The number of aliphatic hydroxyl groups excluding tert-OH is 1. The molecule has 1 heterocycles. The quantitative estimate of drug-likeness (QED) is 0.506. The zero-order valence-corrected chi connectivity index (χ0v) is 12.3. The largest absolute Gasteiger partial charge is 0.442 e. The van der Waals surface area contributed by atoms with Crippen LogP contribution >= 0.6 is 0 Å². The third-order valence-electron chi connectivity index (χ3n) is 2.54. The summed E-state index contributed by atoms with van der Waals surface area (Å²) < 4.78 is 5.08. The van der Waals surface area contributed by atoms with Crippen LogP contribution in [0.5, 0.6) is 0 Å². The normalized spacial score (nSPS) is 12.4. The first-order valence-electron chi connectivity index (χ1n) is 6.43. The number of ether oxygens (including phenoxy) is 1. The molecule has 0 radical (unpaired) electrons. The minimum atomic E-state index is -0.922. The lowest BCUT2D eigenvalue weighted by atomic mass is 10.1. The number of nitrogens with zero attached hydrogens (tertiary/aromatic N) is 3. The maximum absolute atomic E-state index is 11.9. The molecule has 1 atom stereocenters. The van der Waals surface area contributed by atoms with Gasteiger partial charge in [-0.05, 0) is 38.8 Å². The van der Waals surface area contributed by atoms with Crippen molar-refractivity contribution in [3.05, 3.63) is 35.4 Å². The number of pyridine rings is 1. The summed E-state index contributed by atoms with van der Waals surface area (Å²) in [7, 11) is 0. The van der Waals surface area contributed by atoms with Crippen molar-refractivity contribution in [2.75, 3.05) is 6.61 Å². The van der Waals surface area contributed by atoms with Gasteiger partial charge in [0.05, 0.1) is 12.6 Å². The molecule has 0 aliphatic carbocycles. The number of carbonyl (C=O) groups is 1. The molecule has 0 aliphatic rings. The van der Waals surface area contributed by atoms with Gasteiger partial charge in [-0.2, -0.15) is 5.06 Å². The van der Waals surface area contributed by atoms with Gasteiger partial charge in [0.25, 0.3) is 0 Å². The van der Waals surface area contributed by atoms with Gasteiger partial charge in [-0.15, -0.1) is 0 Å². The van der Waals surface area contributed by atoms with Crippen LogP contribution in [0.4, 0.5) is 10.5 Å². The first kappa shape index (κ1) is 16.9. The zero-order valence-electron chi connectivity index (χ0n) is 12.3. The molecule has 2 N–H and O–H groups in total. The lowest BCUT2D eigenvalue weighted by molar-refractivity contribution is -0.125. The van der Waals surface area contributed by atoms with Gasteiger partial charge in [0.1, 0.15) is 5.60 Å². The lowest BCUT2D eigenvalue weighted by Crippen LogP contribution is -2.37. The van der Waals surface area contributed by atoms with Gasteiger partial charge in [0.2, 0.25) is 5.69 Å². The van der Waals surface area contributed by atoms with Crippen molar-refractivity contribution in [1.82, 2.24) is 10.0 Å². The van der Waals surface area contributed by atoms with Crippen LogP contribution in [0, 0.1) is 6.57 Å². The molecular formula is C14H19N3O4. The predicted octanol–water partition coefficient (Wildman–Crippen LogP) is 2.68. The summed E-state index contributed by atoms with van der Waals surface area (Å²) in [5.74, 6) is 0. The maximum Gasteiger partial charge on any atom is 0.434 e. The Morgan fingerprint density at radius 2 is 2.19 bits per heavy atom. The molecule has 0 fully saturated rings. The van der Waals surface area contributed by atoms with Crippen molar-refractivity contribution in [1.29, 1.82) is 0 Å². The van der Waals surface area contributed by atoms with Gasteiger partial charge in [-0.3, -0.25) is 10.2 Å². The van der Waals surface area contributed by atoms with Gasteiger partial charge >= 0.3 is 6.09 Å². The summed E-state index contributed by atoms with van der Waals surface area (Å²) >= 11 is 0. The number of aromatic nitrogens is 1. The standard InChI is InChI=1S/C14H19N3O4/c1-14(2,3)21-13(19)17(20)12(5-6-18)10-7-11(15-4)9-16-8-10/h7-9,12,18,20H,5-6H2,1-3H3/t12-/m0/s1. The van der Waals surface area contributed by atoms with E-state index in [-0.39, 0.29) is 18.7 Å². The van der Waals surface area contributed by atoms with Crippen molar-refractivity contribution in [3.63, 3.8) is 0 Å². The molecule has 114 valence electrons. The minimum Gasteiger partial charge on any atom is -0.442 e. The number of hydrogen-bond acceptors (Lipinski definition) is 5. The Morgan fingerprint density at radius 3 is 2.71 bits per heavy atom. The van der Waals surface area contributed by atoms with Crippen molar-refractivity contribution < 1.29 is 19.8 Å². The molecule has 7 heteroatoms. The van der Waals surface area contributed by atoms with Crippen molar-refractivity contribution in [2.45, 2.75) is 38.8 Å². The number of amides is 1. The smallest absolute Gasteiger partial charge is 0.434 e. The highest BCUT2D eigenvalue weighted by molar-refractivity contribution is 5.67. The van der Waals surface area contributed by atoms with Gasteiger partial charge in [-0.25, -0.2) is 9.64 Å². The van der Waals surface area contributed by atoms with Crippen molar-refractivity contribution >= 4 is 11.8 Å². The Morgan fingerprint density at radius 1 is 1.52 bits per heavy atom. The van der Waals surface area contributed by atoms with Crippen LogP contribution in [0.3, 0.4) is 0 Å². The molecular weight excluding hydrogens is 274 g/mol. The molecule has 0 spiro atoms. The Balaban J connectivity index is 3.00. The Hall–Kier alpha value is -2.17. The van der Waals surface area contributed by atoms with Crippen LogP contribution in [0.1, 0.15) is 38.8 Å². The van der Waals surface area contributed by atoms with Crippen LogP contribution in [-0.2, 0) is 4.74 Å². The van der Waals surface area contributed by atoms with Crippen molar-refractivity contribution in [2.24, 2.45) is 0 Å². The Labute approximate surface area is 123 Å². The zero-order chi connectivity index (χ0) is 16.0. The first-order chi connectivity index (χ1) is 9.78. The molecule has 0 aromatic carbocycles. The SMILES string of the molecule is [C-]#[N+]c1cncc([C@H](CCO)N(O)C(=O)OC(C)(C)C)c1. The number of carbonyl (C=O) groups excluding carboxylic acids is 1. The van der Waals surface area contributed by atoms with Crippen LogP contribution in [0.2, 0.25) is 0 Å². The summed E-state index contributed by atoms with van der Waals surface area (Å²) in [5.41, 5.74) is -0.0164. The fourth-order valence-electron chi connectivity index (χ4n) is 1.68. The van der Waals surface area contributed by atoms with Gasteiger partial charge < -0.3 is 9.84 Å². The van der Waals surface area contributed by atoms with E-state index < -0.39 is 17.7 Å². The molecule has 0 saturated carbocycles. The van der Waals surface area contributed by atoms with E-state index in [9.17, 15) is 10.0 Å². The third kappa shape index (κ3) is 5.02. The number of hydroxylamine groups is 2. The second kappa shape index (κ2) is 7.02. The highest BCUT2D eigenvalue weighted by Crippen LogP contribution is 2.26. The first-order valence-corrected chi connectivity index (χ1v) is 6.43. The molecule has 1 amide bonds. The number of hydrogen-bond donors (Lipinski definition) is 2. The van der Waals surface area contributed by atoms with E-state index in [4.69, 9.17) is 16.4 Å². The summed E-state index contributed by atoms with van der Waals surface area (Å²) in [6.07, 6.45) is 1.98. The molecule has 0 aliphatic heterocycles. The van der Waals surface area contributed by atoms with E-state index in [0.717, 1.165) is 0 Å². The fraction of sp³-hybridized carbons (Fsp3) is 0.500. The second-order valence-electron chi connectivity index (χ2n) is 5.44.